The first kappa shape index (κ1) is 15.2. The van der Waals surface area contributed by atoms with Gasteiger partial charge in [0.05, 0.1) is 11.3 Å². The predicted octanol–water partition coefficient (Wildman–Crippen LogP) is 1.86. The van der Waals surface area contributed by atoms with E-state index in [1.165, 1.54) is 6.07 Å². The largest absolute Gasteiger partial charge is 0.478 e. The van der Waals surface area contributed by atoms with Crippen molar-refractivity contribution in [2.75, 3.05) is 31.7 Å². The molecule has 0 bridgehead atoms. The summed E-state index contributed by atoms with van der Waals surface area (Å²) in [6, 6.07) is 2.24. The van der Waals surface area contributed by atoms with Gasteiger partial charge in [0.25, 0.3) is 0 Å². The van der Waals surface area contributed by atoms with Gasteiger partial charge < -0.3 is 21.1 Å². The molecule has 0 saturated heterocycles. The van der Waals surface area contributed by atoms with Crippen LogP contribution in [0.4, 0.5) is 15.8 Å². The molecular weight excluding hydrogens is 249 g/mol. The standard InChI is InChI=1S/C13H20FN3O2/c1-13(2,17(3)4)7-16-11-5-8(12(18)19)10(15)6-9(11)14/h5-6,16H,7,15H2,1-4H3,(H,18,19). The summed E-state index contributed by atoms with van der Waals surface area (Å²) in [6.07, 6.45) is 0. The molecule has 0 aliphatic carbocycles. The van der Waals surface area contributed by atoms with Crippen molar-refractivity contribution in [3.63, 3.8) is 0 Å². The molecule has 0 fully saturated rings. The van der Waals surface area contributed by atoms with Gasteiger partial charge in [0.1, 0.15) is 5.82 Å². The number of anilines is 2. The molecule has 6 heteroatoms. The van der Waals surface area contributed by atoms with Crippen LogP contribution in [0.3, 0.4) is 0 Å². The first-order chi connectivity index (χ1) is 8.65. The average molecular weight is 269 g/mol. The van der Waals surface area contributed by atoms with Crippen LogP contribution in [-0.4, -0.2) is 42.2 Å². The minimum absolute atomic E-state index is 0.0811. The van der Waals surface area contributed by atoms with Crippen molar-refractivity contribution in [1.82, 2.24) is 4.90 Å². The van der Waals surface area contributed by atoms with Crippen molar-refractivity contribution in [2.45, 2.75) is 19.4 Å². The number of carboxylic acids is 1. The number of nitrogens with zero attached hydrogens (tertiary/aromatic N) is 1. The third-order valence-electron chi connectivity index (χ3n) is 3.29. The van der Waals surface area contributed by atoms with E-state index >= 15 is 0 Å². The van der Waals surface area contributed by atoms with Gasteiger partial charge in [-0.2, -0.15) is 0 Å². The van der Waals surface area contributed by atoms with Gasteiger partial charge in [-0.15, -0.1) is 0 Å². The second-order valence-corrected chi connectivity index (χ2v) is 5.28. The van der Waals surface area contributed by atoms with Gasteiger partial charge in [-0.1, -0.05) is 0 Å². The van der Waals surface area contributed by atoms with Crippen LogP contribution in [0, 0.1) is 5.82 Å². The highest BCUT2D eigenvalue weighted by Gasteiger charge is 2.21. The predicted molar refractivity (Wildman–Crippen MR) is 74.0 cm³/mol. The Morgan fingerprint density at radius 1 is 1.47 bits per heavy atom. The molecule has 106 valence electrons. The molecule has 0 radical (unpaired) electrons. The molecule has 0 saturated carbocycles. The van der Waals surface area contributed by atoms with E-state index < -0.39 is 11.8 Å². The van der Waals surface area contributed by atoms with Crippen LogP contribution < -0.4 is 11.1 Å². The van der Waals surface area contributed by atoms with Crippen molar-refractivity contribution in [2.24, 2.45) is 0 Å². The molecule has 0 aromatic heterocycles. The molecule has 0 aliphatic rings. The minimum atomic E-state index is -1.17. The second-order valence-electron chi connectivity index (χ2n) is 5.28. The summed E-state index contributed by atoms with van der Waals surface area (Å²) >= 11 is 0. The van der Waals surface area contributed by atoms with E-state index in [0.717, 1.165) is 6.07 Å². The molecule has 1 aromatic rings. The first-order valence-electron chi connectivity index (χ1n) is 5.89. The van der Waals surface area contributed by atoms with E-state index in [0.29, 0.717) is 6.54 Å². The highest BCUT2D eigenvalue weighted by atomic mass is 19.1. The van der Waals surface area contributed by atoms with E-state index in [4.69, 9.17) is 10.8 Å². The van der Waals surface area contributed by atoms with Crippen molar-refractivity contribution < 1.29 is 14.3 Å². The van der Waals surface area contributed by atoms with E-state index in [1.54, 1.807) is 0 Å². The second kappa shape index (κ2) is 5.44. The number of carboxylic acid groups (broad SMARTS) is 1. The molecule has 0 aliphatic heterocycles. The number of aromatic carboxylic acids is 1. The number of nitrogens with two attached hydrogens (primary N) is 1. The first-order valence-corrected chi connectivity index (χ1v) is 5.89. The molecule has 1 aromatic carbocycles. The quantitative estimate of drug-likeness (QED) is 0.711. The summed E-state index contributed by atoms with van der Waals surface area (Å²) in [4.78, 5) is 12.9. The Labute approximate surface area is 112 Å². The maximum atomic E-state index is 13.7. The van der Waals surface area contributed by atoms with E-state index in [9.17, 15) is 9.18 Å². The number of hydrogen-bond donors (Lipinski definition) is 3. The summed E-state index contributed by atoms with van der Waals surface area (Å²) in [5.41, 5.74) is 5.22. The van der Waals surface area contributed by atoms with Crippen LogP contribution in [0.15, 0.2) is 12.1 Å². The smallest absolute Gasteiger partial charge is 0.337 e. The topological polar surface area (TPSA) is 78.6 Å². The van der Waals surface area contributed by atoms with Crippen molar-refractivity contribution in [3.05, 3.63) is 23.5 Å². The number of likely N-dealkylation sites (N-methyl/N-ethyl adjacent to an activating group) is 1. The van der Waals surface area contributed by atoms with Crippen molar-refractivity contribution in [3.8, 4) is 0 Å². The number of nitrogen functional groups attached to an aromatic ring is 1. The summed E-state index contributed by atoms with van der Waals surface area (Å²) in [5, 5.41) is 11.9. The van der Waals surface area contributed by atoms with Gasteiger partial charge in [-0.05, 0) is 40.1 Å². The highest BCUT2D eigenvalue weighted by Crippen LogP contribution is 2.23. The summed E-state index contributed by atoms with van der Waals surface area (Å²) in [7, 11) is 3.84. The molecular formula is C13H20FN3O2. The summed E-state index contributed by atoms with van der Waals surface area (Å²) < 4.78 is 13.7. The van der Waals surface area contributed by atoms with Crippen LogP contribution in [0.2, 0.25) is 0 Å². The van der Waals surface area contributed by atoms with Crippen LogP contribution in [0.25, 0.3) is 0 Å². The number of rotatable bonds is 5. The lowest BCUT2D eigenvalue weighted by molar-refractivity contribution is 0.0698. The molecule has 1 rings (SSSR count). The Morgan fingerprint density at radius 2 is 2.05 bits per heavy atom. The van der Waals surface area contributed by atoms with Gasteiger partial charge in [0, 0.05) is 17.8 Å². The fourth-order valence-corrected chi connectivity index (χ4v) is 1.38. The van der Waals surface area contributed by atoms with Crippen LogP contribution in [-0.2, 0) is 0 Å². The highest BCUT2D eigenvalue weighted by molar-refractivity contribution is 5.94. The number of hydrogen-bond acceptors (Lipinski definition) is 4. The van der Waals surface area contributed by atoms with Gasteiger partial charge in [0.2, 0.25) is 0 Å². The third-order valence-corrected chi connectivity index (χ3v) is 3.29. The minimum Gasteiger partial charge on any atom is -0.478 e. The zero-order chi connectivity index (χ0) is 14.8. The third kappa shape index (κ3) is 3.57. The zero-order valence-electron chi connectivity index (χ0n) is 11.6. The fourth-order valence-electron chi connectivity index (χ4n) is 1.38. The average Bonchev–Trinajstić information content (AvgIpc) is 2.27. The maximum Gasteiger partial charge on any atom is 0.337 e. The van der Waals surface area contributed by atoms with Crippen LogP contribution >= 0.6 is 0 Å². The van der Waals surface area contributed by atoms with Crippen molar-refractivity contribution in [1.29, 1.82) is 0 Å². The Hall–Kier alpha value is -1.82. The SMILES string of the molecule is CN(C)C(C)(C)CNc1cc(C(=O)O)c(N)cc1F. The number of halogens is 1. The van der Waals surface area contributed by atoms with Crippen molar-refractivity contribution >= 4 is 17.3 Å². The molecule has 0 atom stereocenters. The van der Waals surface area contributed by atoms with Crippen LogP contribution in [0.5, 0.6) is 0 Å². The summed E-state index contributed by atoms with van der Waals surface area (Å²) in [6.45, 7) is 4.46. The number of nitrogens with one attached hydrogen (secondary N) is 1. The lowest BCUT2D eigenvalue weighted by Gasteiger charge is -2.33. The zero-order valence-corrected chi connectivity index (χ0v) is 11.6. The number of carbonyl (C=O) groups is 1. The maximum absolute atomic E-state index is 13.7. The van der Waals surface area contributed by atoms with E-state index in [-0.39, 0.29) is 22.5 Å². The summed E-state index contributed by atoms with van der Waals surface area (Å²) in [5.74, 6) is -1.73. The monoisotopic (exact) mass is 269 g/mol. The molecule has 5 nitrogen and oxygen atoms in total. The molecule has 19 heavy (non-hydrogen) atoms. The van der Waals surface area contributed by atoms with E-state index in [2.05, 4.69) is 5.32 Å². The molecule has 0 spiro atoms. The Morgan fingerprint density at radius 3 is 2.53 bits per heavy atom. The molecule has 0 heterocycles. The van der Waals surface area contributed by atoms with E-state index in [1.807, 2.05) is 32.8 Å². The van der Waals surface area contributed by atoms with Gasteiger partial charge in [-0.25, -0.2) is 9.18 Å². The lowest BCUT2D eigenvalue weighted by Crippen LogP contribution is -2.44. The number of benzene rings is 1. The molecule has 0 amide bonds. The van der Waals surface area contributed by atoms with Gasteiger partial charge >= 0.3 is 5.97 Å². The normalized spacial score (nSPS) is 11.7. The van der Waals surface area contributed by atoms with Gasteiger partial charge in [-0.3, -0.25) is 0 Å². The fraction of sp³-hybridized carbons (Fsp3) is 0.462. The lowest BCUT2D eigenvalue weighted by atomic mass is 10.0. The molecule has 0 unspecified atom stereocenters. The Kier molecular flexibility index (Phi) is 4.36. The molecule has 4 N–H and O–H groups in total. The Balaban J connectivity index is 2.96. The Bertz CT molecular complexity index is 487. The van der Waals surface area contributed by atoms with Gasteiger partial charge in [0.15, 0.2) is 0 Å². The van der Waals surface area contributed by atoms with Crippen LogP contribution in [0.1, 0.15) is 24.2 Å².